The molecule has 1 fully saturated rings. The van der Waals surface area contributed by atoms with Crippen molar-refractivity contribution in [1.82, 2.24) is 4.90 Å². The smallest absolute Gasteiger partial charge is 0.119 e. The van der Waals surface area contributed by atoms with E-state index in [1.807, 2.05) is 24.3 Å². The molecule has 0 radical (unpaired) electrons. The quantitative estimate of drug-likeness (QED) is 0.548. The van der Waals surface area contributed by atoms with Crippen molar-refractivity contribution in [3.63, 3.8) is 0 Å². The van der Waals surface area contributed by atoms with Gasteiger partial charge in [0.25, 0.3) is 0 Å². The molecule has 1 saturated carbocycles. The van der Waals surface area contributed by atoms with Gasteiger partial charge in [0.2, 0.25) is 0 Å². The summed E-state index contributed by atoms with van der Waals surface area (Å²) in [7, 11) is 0. The van der Waals surface area contributed by atoms with Crippen molar-refractivity contribution >= 4 is 5.69 Å². The molecule has 0 unspecified atom stereocenters. The summed E-state index contributed by atoms with van der Waals surface area (Å²) in [5, 5.41) is 0. The molecule has 0 aliphatic heterocycles. The number of nitrogens with zero attached hydrogens (tertiary/aromatic N) is 1. The zero-order valence-corrected chi connectivity index (χ0v) is 12.0. The lowest BCUT2D eigenvalue weighted by molar-refractivity contribution is 0.224. The van der Waals surface area contributed by atoms with Gasteiger partial charge in [-0.25, -0.2) is 0 Å². The van der Waals surface area contributed by atoms with Crippen LogP contribution in [0.15, 0.2) is 24.3 Å². The minimum Gasteiger partial charge on any atom is -0.494 e. The molecule has 0 amide bonds. The third-order valence-corrected chi connectivity index (χ3v) is 3.60. The van der Waals surface area contributed by atoms with Crippen LogP contribution in [-0.2, 0) is 0 Å². The van der Waals surface area contributed by atoms with E-state index in [9.17, 15) is 0 Å². The second-order valence-electron chi connectivity index (χ2n) is 5.39. The van der Waals surface area contributed by atoms with Gasteiger partial charge in [0, 0.05) is 18.3 Å². The first kappa shape index (κ1) is 14.2. The SMILES string of the molecule is CCCCN(CCCOc1ccc(N)cc1)C1CC1. The summed E-state index contributed by atoms with van der Waals surface area (Å²) in [5.41, 5.74) is 6.43. The Morgan fingerprint density at radius 3 is 2.47 bits per heavy atom. The summed E-state index contributed by atoms with van der Waals surface area (Å²) in [4.78, 5) is 2.63. The molecule has 0 saturated heterocycles. The van der Waals surface area contributed by atoms with E-state index in [1.165, 1.54) is 38.8 Å². The second-order valence-corrected chi connectivity index (χ2v) is 5.39. The number of ether oxygens (including phenoxy) is 1. The normalized spacial score (nSPS) is 14.8. The molecule has 0 heterocycles. The van der Waals surface area contributed by atoms with Crippen LogP contribution in [0.4, 0.5) is 5.69 Å². The maximum absolute atomic E-state index is 5.73. The minimum atomic E-state index is 0.784. The standard InChI is InChI=1S/C16H26N2O/c1-2-3-11-18(15-7-8-15)12-4-13-19-16-9-5-14(17)6-10-16/h5-6,9-10,15H,2-4,7-8,11-13,17H2,1H3. The van der Waals surface area contributed by atoms with E-state index in [-0.39, 0.29) is 0 Å². The number of anilines is 1. The van der Waals surface area contributed by atoms with Crippen molar-refractivity contribution < 1.29 is 4.74 Å². The van der Waals surface area contributed by atoms with Gasteiger partial charge < -0.3 is 15.4 Å². The van der Waals surface area contributed by atoms with E-state index in [2.05, 4.69) is 11.8 Å². The van der Waals surface area contributed by atoms with Gasteiger partial charge in [0.15, 0.2) is 0 Å². The van der Waals surface area contributed by atoms with Crippen molar-refractivity contribution in [3.05, 3.63) is 24.3 Å². The summed E-state index contributed by atoms with van der Waals surface area (Å²) < 4.78 is 5.73. The third kappa shape index (κ3) is 5.11. The molecule has 0 aromatic heterocycles. The lowest BCUT2D eigenvalue weighted by atomic mass is 10.3. The fraction of sp³-hybridized carbons (Fsp3) is 0.625. The predicted octanol–water partition coefficient (Wildman–Crippen LogP) is 3.30. The number of nitrogens with two attached hydrogens (primary N) is 1. The van der Waals surface area contributed by atoms with Crippen LogP contribution in [0.1, 0.15) is 39.0 Å². The minimum absolute atomic E-state index is 0.784. The van der Waals surface area contributed by atoms with Crippen molar-refractivity contribution in [1.29, 1.82) is 0 Å². The number of unbranched alkanes of at least 4 members (excludes halogenated alkanes) is 1. The van der Waals surface area contributed by atoms with Gasteiger partial charge in [0.05, 0.1) is 6.61 Å². The monoisotopic (exact) mass is 262 g/mol. The van der Waals surface area contributed by atoms with E-state index in [0.717, 1.165) is 30.5 Å². The van der Waals surface area contributed by atoms with Gasteiger partial charge in [-0.15, -0.1) is 0 Å². The van der Waals surface area contributed by atoms with Gasteiger partial charge in [-0.2, -0.15) is 0 Å². The lowest BCUT2D eigenvalue weighted by Crippen LogP contribution is -2.29. The molecule has 3 nitrogen and oxygen atoms in total. The topological polar surface area (TPSA) is 38.5 Å². The van der Waals surface area contributed by atoms with E-state index >= 15 is 0 Å². The van der Waals surface area contributed by atoms with Gasteiger partial charge in [-0.3, -0.25) is 0 Å². The molecule has 1 aromatic carbocycles. The molecule has 2 N–H and O–H groups in total. The highest BCUT2D eigenvalue weighted by Crippen LogP contribution is 2.27. The van der Waals surface area contributed by atoms with Crippen LogP contribution in [0.3, 0.4) is 0 Å². The number of hydrogen-bond donors (Lipinski definition) is 1. The van der Waals surface area contributed by atoms with Crippen molar-refractivity contribution in [2.24, 2.45) is 0 Å². The molecule has 106 valence electrons. The Morgan fingerprint density at radius 2 is 1.84 bits per heavy atom. The maximum Gasteiger partial charge on any atom is 0.119 e. The van der Waals surface area contributed by atoms with Crippen LogP contribution in [-0.4, -0.2) is 30.6 Å². The van der Waals surface area contributed by atoms with Crippen molar-refractivity contribution in [2.75, 3.05) is 25.4 Å². The molecular weight excluding hydrogens is 236 g/mol. The zero-order valence-electron chi connectivity index (χ0n) is 12.0. The molecule has 0 spiro atoms. The highest BCUT2D eigenvalue weighted by molar-refractivity contribution is 5.41. The van der Waals surface area contributed by atoms with Crippen molar-refractivity contribution in [3.8, 4) is 5.75 Å². The molecule has 2 rings (SSSR count). The predicted molar refractivity (Wildman–Crippen MR) is 80.5 cm³/mol. The Hall–Kier alpha value is -1.22. The molecule has 0 atom stereocenters. The molecule has 0 bridgehead atoms. The molecule has 1 aliphatic rings. The Morgan fingerprint density at radius 1 is 1.16 bits per heavy atom. The van der Waals surface area contributed by atoms with Crippen LogP contribution in [0.25, 0.3) is 0 Å². The average molecular weight is 262 g/mol. The number of nitrogen functional groups attached to an aromatic ring is 1. The highest BCUT2D eigenvalue weighted by atomic mass is 16.5. The fourth-order valence-electron chi connectivity index (χ4n) is 2.30. The summed E-state index contributed by atoms with van der Waals surface area (Å²) >= 11 is 0. The third-order valence-electron chi connectivity index (χ3n) is 3.60. The van der Waals surface area contributed by atoms with Crippen LogP contribution >= 0.6 is 0 Å². The van der Waals surface area contributed by atoms with Gasteiger partial charge in [-0.05, 0) is 56.5 Å². The largest absolute Gasteiger partial charge is 0.494 e. The average Bonchev–Trinajstić information content (AvgIpc) is 3.24. The van der Waals surface area contributed by atoms with E-state index in [4.69, 9.17) is 10.5 Å². The molecule has 19 heavy (non-hydrogen) atoms. The molecule has 3 heteroatoms. The Balaban J connectivity index is 1.63. The number of rotatable bonds is 9. The summed E-state index contributed by atoms with van der Waals surface area (Å²) in [6.07, 6.45) is 6.48. The Bertz CT molecular complexity index is 360. The van der Waals surface area contributed by atoms with Crippen LogP contribution in [0.2, 0.25) is 0 Å². The summed E-state index contributed by atoms with van der Waals surface area (Å²) in [5.74, 6) is 0.917. The lowest BCUT2D eigenvalue weighted by Gasteiger charge is -2.21. The Labute approximate surface area is 116 Å². The van der Waals surface area contributed by atoms with Gasteiger partial charge >= 0.3 is 0 Å². The highest BCUT2D eigenvalue weighted by Gasteiger charge is 2.27. The first-order chi connectivity index (χ1) is 9.29. The first-order valence-corrected chi connectivity index (χ1v) is 7.52. The van der Waals surface area contributed by atoms with E-state index in [1.54, 1.807) is 0 Å². The zero-order chi connectivity index (χ0) is 13.5. The van der Waals surface area contributed by atoms with Gasteiger partial charge in [-0.1, -0.05) is 13.3 Å². The van der Waals surface area contributed by atoms with Gasteiger partial charge in [0.1, 0.15) is 5.75 Å². The van der Waals surface area contributed by atoms with Crippen LogP contribution in [0.5, 0.6) is 5.75 Å². The Kier molecular flexibility index (Phi) is 5.52. The molecule has 1 aliphatic carbocycles. The second kappa shape index (κ2) is 7.39. The van der Waals surface area contributed by atoms with E-state index in [0.29, 0.717) is 0 Å². The van der Waals surface area contributed by atoms with Crippen LogP contribution in [0, 0.1) is 0 Å². The number of hydrogen-bond acceptors (Lipinski definition) is 3. The summed E-state index contributed by atoms with van der Waals surface area (Å²) in [6, 6.07) is 8.50. The first-order valence-electron chi connectivity index (χ1n) is 7.52. The fourth-order valence-corrected chi connectivity index (χ4v) is 2.30. The number of benzene rings is 1. The maximum atomic E-state index is 5.73. The molecular formula is C16H26N2O. The molecule has 1 aromatic rings. The van der Waals surface area contributed by atoms with Crippen molar-refractivity contribution in [2.45, 2.75) is 45.1 Å². The van der Waals surface area contributed by atoms with E-state index < -0.39 is 0 Å². The van der Waals surface area contributed by atoms with Crippen LogP contribution < -0.4 is 10.5 Å². The summed E-state index contributed by atoms with van der Waals surface area (Å²) in [6.45, 7) is 5.47.